The number of nitrogens with zero attached hydrogens (tertiary/aromatic N) is 1. The maximum absolute atomic E-state index is 11.9. The van der Waals surface area contributed by atoms with Gasteiger partial charge in [-0.2, -0.15) is 0 Å². The molecule has 0 aliphatic carbocycles. The van der Waals surface area contributed by atoms with Gasteiger partial charge in [0.25, 0.3) is 0 Å². The maximum atomic E-state index is 11.9. The fourth-order valence-electron chi connectivity index (χ4n) is 2.27. The highest BCUT2D eigenvalue weighted by Crippen LogP contribution is 2.25. The molecule has 1 aromatic heterocycles. The van der Waals surface area contributed by atoms with Crippen LogP contribution in [0.25, 0.3) is 0 Å². The number of fused-ring (bicyclic) bond motifs is 1. The van der Waals surface area contributed by atoms with Crippen LogP contribution in [0.3, 0.4) is 0 Å². The Hall–Kier alpha value is -2.36. The van der Waals surface area contributed by atoms with Gasteiger partial charge in [-0.15, -0.1) is 0 Å². The number of anilines is 2. The van der Waals surface area contributed by atoms with E-state index in [1.165, 1.54) is 11.3 Å². The zero-order chi connectivity index (χ0) is 13.1. The standard InChI is InChI=1S/C15H15N3O/c19-15(9-11-3-6-16-7-4-11)18-13-1-2-14-12(10-13)5-8-17-14/h1-4,6-7,10,17H,5,8-9H2,(H,18,19). The normalized spacial score (nSPS) is 12.6. The number of amides is 1. The third-order valence-corrected chi connectivity index (χ3v) is 3.21. The zero-order valence-corrected chi connectivity index (χ0v) is 10.5. The summed E-state index contributed by atoms with van der Waals surface area (Å²) in [6.45, 7) is 0.976. The molecule has 96 valence electrons. The average molecular weight is 253 g/mol. The van der Waals surface area contributed by atoms with E-state index in [0.717, 1.165) is 24.2 Å². The summed E-state index contributed by atoms with van der Waals surface area (Å²) in [5, 5.41) is 6.23. The minimum atomic E-state index is -0.00268. The number of benzene rings is 1. The Balaban J connectivity index is 1.66. The van der Waals surface area contributed by atoms with E-state index in [0.29, 0.717) is 6.42 Å². The molecule has 4 nitrogen and oxygen atoms in total. The van der Waals surface area contributed by atoms with Crippen LogP contribution in [0.15, 0.2) is 42.7 Å². The maximum Gasteiger partial charge on any atom is 0.228 e. The predicted octanol–water partition coefficient (Wildman–Crippen LogP) is 2.23. The lowest BCUT2D eigenvalue weighted by molar-refractivity contribution is -0.115. The molecular formula is C15H15N3O. The first-order valence-electron chi connectivity index (χ1n) is 6.37. The summed E-state index contributed by atoms with van der Waals surface area (Å²) in [6.07, 6.45) is 4.79. The number of nitrogens with one attached hydrogen (secondary N) is 2. The number of carbonyl (C=O) groups excluding carboxylic acids is 1. The summed E-state index contributed by atoms with van der Waals surface area (Å²) in [6, 6.07) is 9.70. The Morgan fingerprint density at radius 2 is 2.11 bits per heavy atom. The minimum Gasteiger partial charge on any atom is -0.384 e. The fraction of sp³-hybridized carbons (Fsp3) is 0.200. The van der Waals surface area contributed by atoms with Crippen LogP contribution in [0.2, 0.25) is 0 Å². The van der Waals surface area contributed by atoms with Crippen molar-refractivity contribution in [2.75, 3.05) is 17.2 Å². The topological polar surface area (TPSA) is 54.0 Å². The number of carbonyl (C=O) groups is 1. The van der Waals surface area contributed by atoms with Gasteiger partial charge in [0.15, 0.2) is 0 Å². The van der Waals surface area contributed by atoms with Gasteiger partial charge in [0.05, 0.1) is 6.42 Å². The van der Waals surface area contributed by atoms with E-state index in [2.05, 4.69) is 15.6 Å². The van der Waals surface area contributed by atoms with E-state index in [-0.39, 0.29) is 5.91 Å². The Labute approximate surface area is 111 Å². The van der Waals surface area contributed by atoms with Crippen molar-refractivity contribution in [3.05, 3.63) is 53.9 Å². The monoisotopic (exact) mass is 253 g/mol. The highest BCUT2D eigenvalue weighted by molar-refractivity contribution is 5.92. The molecule has 0 radical (unpaired) electrons. The summed E-state index contributed by atoms with van der Waals surface area (Å²) in [5.41, 5.74) is 4.27. The van der Waals surface area contributed by atoms with Gasteiger partial charge in [-0.3, -0.25) is 9.78 Å². The second-order valence-electron chi connectivity index (χ2n) is 4.63. The average Bonchev–Trinajstić information content (AvgIpc) is 2.87. The van der Waals surface area contributed by atoms with Crippen LogP contribution >= 0.6 is 0 Å². The van der Waals surface area contributed by atoms with E-state index in [4.69, 9.17) is 0 Å². The van der Waals surface area contributed by atoms with Crippen LogP contribution in [-0.4, -0.2) is 17.4 Å². The van der Waals surface area contributed by atoms with Crippen molar-refractivity contribution in [3.63, 3.8) is 0 Å². The van der Waals surface area contributed by atoms with Gasteiger partial charge >= 0.3 is 0 Å². The van der Waals surface area contributed by atoms with E-state index in [1.807, 2.05) is 30.3 Å². The number of hydrogen-bond acceptors (Lipinski definition) is 3. The molecule has 1 aromatic carbocycles. The fourth-order valence-corrected chi connectivity index (χ4v) is 2.27. The van der Waals surface area contributed by atoms with Gasteiger partial charge in [-0.1, -0.05) is 0 Å². The quantitative estimate of drug-likeness (QED) is 0.882. The summed E-state index contributed by atoms with van der Waals surface area (Å²) in [7, 11) is 0. The molecule has 0 bridgehead atoms. The first-order valence-corrected chi connectivity index (χ1v) is 6.37. The van der Waals surface area contributed by atoms with Crippen LogP contribution < -0.4 is 10.6 Å². The van der Waals surface area contributed by atoms with Crippen molar-refractivity contribution in [3.8, 4) is 0 Å². The van der Waals surface area contributed by atoms with Gasteiger partial charge < -0.3 is 10.6 Å². The molecule has 3 rings (SSSR count). The summed E-state index contributed by atoms with van der Waals surface area (Å²) in [5.74, 6) is -0.00268. The van der Waals surface area contributed by atoms with Crippen LogP contribution in [0.5, 0.6) is 0 Å². The predicted molar refractivity (Wildman–Crippen MR) is 75.2 cm³/mol. The first kappa shape index (κ1) is 11.7. The summed E-state index contributed by atoms with van der Waals surface area (Å²) in [4.78, 5) is 15.9. The Kier molecular flexibility index (Phi) is 3.14. The highest BCUT2D eigenvalue weighted by atomic mass is 16.1. The summed E-state index contributed by atoms with van der Waals surface area (Å²) >= 11 is 0. The van der Waals surface area contributed by atoms with Gasteiger partial charge in [0, 0.05) is 30.3 Å². The molecule has 2 N–H and O–H groups in total. The largest absolute Gasteiger partial charge is 0.384 e. The molecule has 2 heterocycles. The van der Waals surface area contributed by atoms with E-state index >= 15 is 0 Å². The SMILES string of the molecule is O=C(Cc1ccncc1)Nc1ccc2c(c1)CCN2. The molecule has 4 heteroatoms. The molecule has 19 heavy (non-hydrogen) atoms. The Morgan fingerprint density at radius 1 is 1.26 bits per heavy atom. The van der Waals surface area contributed by atoms with E-state index in [1.54, 1.807) is 12.4 Å². The van der Waals surface area contributed by atoms with Crippen molar-refractivity contribution < 1.29 is 4.79 Å². The van der Waals surface area contributed by atoms with Gasteiger partial charge in [-0.25, -0.2) is 0 Å². The lowest BCUT2D eigenvalue weighted by atomic mass is 10.1. The third kappa shape index (κ3) is 2.73. The third-order valence-electron chi connectivity index (χ3n) is 3.21. The molecule has 0 spiro atoms. The Bertz CT molecular complexity index is 596. The molecule has 0 saturated carbocycles. The van der Waals surface area contributed by atoms with Gasteiger partial charge in [0.1, 0.15) is 0 Å². The second-order valence-corrected chi connectivity index (χ2v) is 4.63. The number of pyridine rings is 1. The van der Waals surface area contributed by atoms with Gasteiger partial charge in [-0.05, 0) is 47.9 Å². The van der Waals surface area contributed by atoms with Crippen LogP contribution in [0.1, 0.15) is 11.1 Å². The minimum absolute atomic E-state index is 0.00268. The molecule has 2 aromatic rings. The second kappa shape index (κ2) is 5.10. The highest BCUT2D eigenvalue weighted by Gasteiger charge is 2.11. The molecule has 0 atom stereocenters. The van der Waals surface area contributed by atoms with Crippen molar-refractivity contribution in [2.24, 2.45) is 0 Å². The van der Waals surface area contributed by atoms with E-state index in [9.17, 15) is 4.79 Å². The molecule has 1 aliphatic rings. The van der Waals surface area contributed by atoms with Crippen molar-refractivity contribution in [1.29, 1.82) is 0 Å². The lowest BCUT2D eigenvalue weighted by Gasteiger charge is -2.07. The van der Waals surface area contributed by atoms with Crippen molar-refractivity contribution >= 4 is 17.3 Å². The van der Waals surface area contributed by atoms with Crippen molar-refractivity contribution in [2.45, 2.75) is 12.8 Å². The molecule has 1 aliphatic heterocycles. The zero-order valence-electron chi connectivity index (χ0n) is 10.5. The smallest absolute Gasteiger partial charge is 0.228 e. The molecule has 0 saturated heterocycles. The van der Waals surface area contributed by atoms with E-state index < -0.39 is 0 Å². The molecule has 0 fully saturated rings. The number of hydrogen-bond donors (Lipinski definition) is 2. The molecule has 1 amide bonds. The van der Waals surface area contributed by atoms with Crippen LogP contribution in [0.4, 0.5) is 11.4 Å². The summed E-state index contributed by atoms with van der Waals surface area (Å²) < 4.78 is 0. The number of rotatable bonds is 3. The van der Waals surface area contributed by atoms with Crippen molar-refractivity contribution in [1.82, 2.24) is 4.98 Å². The van der Waals surface area contributed by atoms with Crippen LogP contribution in [-0.2, 0) is 17.6 Å². The van der Waals surface area contributed by atoms with Crippen LogP contribution in [0, 0.1) is 0 Å². The molecule has 0 unspecified atom stereocenters. The van der Waals surface area contributed by atoms with Gasteiger partial charge in [0.2, 0.25) is 5.91 Å². The first-order chi connectivity index (χ1) is 9.31. The molecular weight excluding hydrogens is 238 g/mol. The number of aromatic nitrogens is 1. The lowest BCUT2D eigenvalue weighted by Crippen LogP contribution is -2.14. The Morgan fingerprint density at radius 3 is 2.95 bits per heavy atom.